The SMILES string of the molecule is C=NN(/C=C(\C)Cn1c(C#N)cc2cc(CN3CCC(Nc4ncnc5sc(CC(F)(F)F)cc45)CC3)ccc21)CCOCC1CC1. The molecule has 0 bridgehead atoms. The molecule has 1 aliphatic carbocycles. The number of nitrogens with one attached hydrogen (secondary N) is 1. The van der Waals surface area contributed by atoms with Crippen LogP contribution in [0.5, 0.6) is 0 Å². The highest BCUT2D eigenvalue weighted by Gasteiger charge is 2.29. The Morgan fingerprint density at radius 1 is 1.21 bits per heavy atom. The highest BCUT2D eigenvalue weighted by atomic mass is 32.1. The van der Waals surface area contributed by atoms with Crippen molar-refractivity contribution in [2.45, 2.75) is 64.3 Å². The molecule has 9 nitrogen and oxygen atoms in total. The standard InChI is InChI=1S/C34H39F3N8OS/c1-23(18-44(39-2)11-12-46-21-24-3-4-24)19-45-28(17-38)14-26-13-25(5-6-31(26)45)20-43-9-7-27(8-10-43)42-32-30-15-29(16-34(35,36)37)47-33(30)41-22-40-32/h5-6,13-15,18,22,24,27H,2-4,7-12,16,19-21H2,1H3,(H,40,41,42)/b23-18+. The van der Waals surface area contributed by atoms with Crippen LogP contribution in [-0.2, 0) is 24.2 Å². The number of halogens is 3. The molecule has 6 rings (SSSR count). The summed E-state index contributed by atoms with van der Waals surface area (Å²) in [5.41, 5.74) is 3.85. The first kappa shape index (κ1) is 32.9. The van der Waals surface area contributed by atoms with E-state index >= 15 is 0 Å². The first-order valence-electron chi connectivity index (χ1n) is 16.0. The van der Waals surface area contributed by atoms with Crippen molar-refractivity contribution in [1.82, 2.24) is 24.4 Å². The number of fused-ring (bicyclic) bond motifs is 2. The highest BCUT2D eigenvalue weighted by molar-refractivity contribution is 7.18. The third kappa shape index (κ3) is 8.68. The van der Waals surface area contributed by atoms with Gasteiger partial charge in [0.05, 0.1) is 25.0 Å². The number of thiophene rings is 1. The highest BCUT2D eigenvalue weighted by Crippen LogP contribution is 2.33. The fourth-order valence-corrected chi connectivity index (χ4v) is 7.11. The van der Waals surface area contributed by atoms with Crippen LogP contribution in [0.4, 0.5) is 19.0 Å². The lowest BCUT2D eigenvalue weighted by Gasteiger charge is -2.32. The van der Waals surface area contributed by atoms with Crippen LogP contribution < -0.4 is 5.32 Å². The summed E-state index contributed by atoms with van der Waals surface area (Å²) in [4.78, 5) is 11.7. The van der Waals surface area contributed by atoms with Gasteiger partial charge in [-0.3, -0.25) is 9.91 Å². The van der Waals surface area contributed by atoms with E-state index in [0.717, 1.165) is 72.8 Å². The Balaban J connectivity index is 1.04. The number of piperidine rings is 1. The van der Waals surface area contributed by atoms with Crippen molar-refractivity contribution in [3.8, 4) is 6.07 Å². The number of nitrogens with zero attached hydrogens (tertiary/aromatic N) is 7. The molecule has 2 aliphatic rings. The van der Waals surface area contributed by atoms with Gasteiger partial charge >= 0.3 is 6.18 Å². The molecule has 47 heavy (non-hydrogen) atoms. The molecule has 0 unspecified atom stereocenters. The monoisotopic (exact) mass is 664 g/mol. The molecule has 13 heteroatoms. The van der Waals surface area contributed by atoms with E-state index in [1.807, 2.05) is 23.8 Å². The molecule has 0 atom stereocenters. The minimum absolute atomic E-state index is 0.170. The Morgan fingerprint density at radius 3 is 2.74 bits per heavy atom. The molecular formula is C34H39F3N8OS. The molecule has 0 radical (unpaired) electrons. The Morgan fingerprint density at radius 2 is 2.02 bits per heavy atom. The lowest BCUT2D eigenvalue weighted by Crippen LogP contribution is -2.38. The van der Waals surface area contributed by atoms with Crippen LogP contribution in [0.3, 0.4) is 0 Å². The first-order chi connectivity index (χ1) is 22.7. The second kappa shape index (κ2) is 14.4. The summed E-state index contributed by atoms with van der Waals surface area (Å²) < 4.78 is 46.6. The van der Waals surface area contributed by atoms with E-state index in [1.165, 1.54) is 24.7 Å². The smallest absolute Gasteiger partial charge is 0.379 e. The van der Waals surface area contributed by atoms with Gasteiger partial charge in [-0.25, -0.2) is 9.97 Å². The zero-order valence-electron chi connectivity index (χ0n) is 26.5. The number of alkyl halides is 3. The normalized spacial score (nSPS) is 16.5. The lowest BCUT2D eigenvalue weighted by atomic mass is 10.0. The van der Waals surface area contributed by atoms with Crippen molar-refractivity contribution < 1.29 is 17.9 Å². The second-order valence-corrected chi connectivity index (χ2v) is 13.7. The van der Waals surface area contributed by atoms with Gasteiger partial charge in [-0.2, -0.15) is 23.5 Å². The van der Waals surface area contributed by atoms with E-state index in [1.54, 1.807) is 11.1 Å². The van der Waals surface area contributed by atoms with Crippen molar-refractivity contribution in [3.05, 3.63) is 64.6 Å². The van der Waals surface area contributed by atoms with Gasteiger partial charge < -0.3 is 14.6 Å². The number of ether oxygens (including phenoxy) is 1. The molecular weight excluding hydrogens is 625 g/mol. The summed E-state index contributed by atoms with van der Waals surface area (Å²) in [5.74, 6) is 1.32. The van der Waals surface area contributed by atoms with Gasteiger partial charge in [0.15, 0.2) is 0 Å². The first-order valence-corrected chi connectivity index (χ1v) is 16.8. The van der Waals surface area contributed by atoms with Crippen LogP contribution in [0.1, 0.15) is 48.7 Å². The maximum absolute atomic E-state index is 12.9. The number of nitriles is 1. The summed E-state index contributed by atoms with van der Waals surface area (Å²) in [6.07, 6.45) is 2.46. The van der Waals surface area contributed by atoms with Crippen molar-refractivity contribution in [3.63, 3.8) is 0 Å². The Hall–Kier alpha value is -3.99. The molecule has 1 aromatic carbocycles. The van der Waals surface area contributed by atoms with E-state index in [9.17, 15) is 18.4 Å². The van der Waals surface area contributed by atoms with Gasteiger partial charge in [0.2, 0.25) is 0 Å². The third-order valence-electron chi connectivity index (χ3n) is 8.64. The van der Waals surface area contributed by atoms with Gasteiger partial charge in [0, 0.05) is 67.5 Å². The number of hydrogen-bond donors (Lipinski definition) is 1. The fraction of sp³-hybridized carbons (Fsp3) is 0.471. The minimum Gasteiger partial charge on any atom is -0.379 e. The van der Waals surface area contributed by atoms with Gasteiger partial charge in [-0.05, 0) is 73.9 Å². The Labute approximate surface area is 276 Å². The molecule has 0 amide bonds. The number of hydrazone groups is 1. The van der Waals surface area contributed by atoms with Crippen molar-refractivity contribution in [2.75, 3.05) is 38.2 Å². The summed E-state index contributed by atoms with van der Waals surface area (Å²) in [5, 5.41) is 21.0. The minimum atomic E-state index is -4.26. The Kier molecular flexibility index (Phi) is 10.1. The molecule has 1 aliphatic heterocycles. The average molecular weight is 665 g/mol. The van der Waals surface area contributed by atoms with Gasteiger partial charge in [0.25, 0.3) is 0 Å². The molecule has 4 heterocycles. The number of benzene rings is 1. The number of aromatic nitrogens is 3. The van der Waals surface area contributed by atoms with Crippen LogP contribution in [0, 0.1) is 17.2 Å². The van der Waals surface area contributed by atoms with Gasteiger partial charge in [0.1, 0.15) is 28.7 Å². The van der Waals surface area contributed by atoms with Crippen molar-refractivity contribution >= 4 is 45.0 Å². The molecule has 1 saturated carbocycles. The summed E-state index contributed by atoms with van der Waals surface area (Å²) in [6.45, 7) is 10.9. The predicted octanol–water partition coefficient (Wildman–Crippen LogP) is 6.95. The summed E-state index contributed by atoms with van der Waals surface area (Å²) in [7, 11) is 0. The quantitative estimate of drug-likeness (QED) is 0.0886. The number of hydrogen-bond acceptors (Lipinski definition) is 9. The van der Waals surface area contributed by atoms with Crippen LogP contribution in [0.25, 0.3) is 21.1 Å². The maximum atomic E-state index is 12.9. The molecule has 3 aromatic heterocycles. The van der Waals surface area contributed by atoms with E-state index in [4.69, 9.17) is 4.74 Å². The average Bonchev–Trinajstić information content (AvgIpc) is 3.68. The van der Waals surface area contributed by atoms with E-state index in [2.05, 4.69) is 56.3 Å². The number of anilines is 1. The molecule has 248 valence electrons. The third-order valence-corrected chi connectivity index (χ3v) is 9.69. The lowest BCUT2D eigenvalue weighted by molar-refractivity contribution is -0.126. The van der Waals surface area contributed by atoms with Crippen molar-refractivity contribution in [1.29, 1.82) is 5.26 Å². The predicted molar refractivity (Wildman–Crippen MR) is 179 cm³/mol. The summed E-state index contributed by atoms with van der Waals surface area (Å²) >= 11 is 1.06. The number of rotatable bonds is 14. The number of allylic oxidation sites excluding steroid dienone is 1. The number of likely N-dealkylation sites (tertiary alicyclic amines) is 1. The second-order valence-electron chi connectivity index (χ2n) is 12.6. The van der Waals surface area contributed by atoms with Crippen LogP contribution in [0.15, 0.2) is 53.5 Å². The van der Waals surface area contributed by atoms with E-state index < -0.39 is 12.6 Å². The van der Waals surface area contributed by atoms with E-state index in [0.29, 0.717) is 41.4 Å². The van der Waals surface area contributed by atoms with E-state index in [-0.39, 0.29) is 10.9 Å². The molecule has 1 N–H and O–H groups in total. The largest absolute Gasteiger partial charge is 0.393 e. The van der Waals surface area contributed by atoms with Crippen molar-refractivity contribution in [2.24, 2.45) is 11.0 Å². The maximum Gasteiger partial charge on any atom is 0.393 e. The zero-order chi connectivity index (χ0) is 33.0. The molecule has 0 spiro atoms. The zero-order valence-corrected chi connectivity index (χ0v) is 27.3. The topological polar surface area (TPSA) is 94.6 Å². The Bertz CT molecular complexity index is 1780. The molecule has 1 saturated heterocycles. The van der Waals surface area contributed by atoms with Gasteiger partial charge in [-0.15, -0.1) is 11.3 Å². The summed E-state index contributed by atoms with van der Waals surface area (Å²) in [6, 6.07) is 12.4. The van der Waals surface area contributed by atoms with Crippen LogP contribution in [0.2, 0.25) is 0 Å². The fourth-order valence-electron chi connectivity index (χ4n) is 6.09. The van der Waals surface area contributed by atoms with Crippen LogP contribution in [-0.4, -0.2) is 76.2 Å². The molecule has 4 aromatic rings. The molecule has 2 fully saturated rings. The van der Waals surface area contributed by atoms with Gasteiger partial charge in [-0.1, -0.05) is 6.07 Å². The van der Waals surface area contributed by atoms with Crippen LogP contribution >= 0.6 is 11.3 Å².